The van der Waals surface area contributed by atoms with E-state index < -0.39 is 11.8 Å². The highest BCUT2D eigenvalue weighted by Crippen LogP contribution is 2.33. The number of halogens is 2. The third-order valence-electron chi connectivity index (χ3n) is 6.28. The fourth-order valence-corrected chi connectivity index (χ4v) is 4.71. The number of hydrogen-bond donors (Lipinski definition) is 1. The number of carbonyl (C=O) groups is 3. The largest absolute Gasteiger partial charge is 0.350 e. The van der Waals surface area contributed by atoms with Gasteiger partial charge in [-0.2, -0.15) is 0 Å². The molecule has 0 bridgehead atoms. The summed E-state index contributed by atoms with van der Waals surface area (Å²) in [4.78, 5) is 41.5. The van der Waals surface area contributed by atoms with Crippen LogP contribution in [0.3, 0.4) is 0 Å². The third-order valence-corrected chi connectivity index (χ3v) is 6.87. The van der Waals surface area contributed by atoms with E-state index in [0.29, 0.717) is 22.0 Å². The van der Waals surface area contributed by atoms with Crippen LogP contribution in [0.5, 0.6) is 0 Å². The minimum atomic E-state index is -0.615. The second-order valence-electron chi connectivity index (χ2n) is 8.48. The van der Waals surface area contributed by atoms with Crippen molar-refractivity contribution >= 4 is 52.3 Å². The van der Waals surface area contributed by atoms with Crippen LogP contribution in [0.15, 0.2) is 53.2 Å². The minimum absolute atomic E-state index is 0.0144. The van der Waals surface area contributed by atoms with Gasteiger partial charge in [-0.3, -0.25) is 14.4 Å². The van der Waals surface area contributed by atoms with Gasteiger partial charge in [0.15, 0.2) is 0 Å². The molecule has 1 heterocycles. The van der Waals surface area contributed by atoms with Crippen LogP contribution in [-0.4, -0.2) is 35.7 Å². The number of aryl methyl sites for hydroxylation is 1. The first-order chi connectivity index (χ1) is 15.8. The molecule has 1 saturated carbocycles. The van der Waals surface area contributed by atoms with E-state index in [1.807, 2.05) is 11.9 Å². The van der Waals surface area contributed by atoms with Crippen LogP contribution in [0.25, 0.3) is 0 Å². The zero-order valence-electron chi connectivity index (χ0n) is 18.5. The van der Waals surface area contributed by atoms with Crippen molar-refractivity contribution in [1.29, 1.82) is 0 Å². The van der Waals surface area contributed by atoms with E-state index in [4.69, 9.17) is 23.2 Å². The normalized spacial score (nSPS) is 17.0. The van der Waals surface area contributed by atoms with Crippen LogP contribution >= 0.6 is 23.2 Å². The number of anilines is 2. The molecule has 2 aromatic carbocycles. The van der Waals surface area contributed by atoms with E-state index in [1.54, 1.807) is 49.4 Å². The highest BCUT2D eigenvalue weighted by atomic mass is 35.5. The summed E-state index contributed by atoms with van der Waals surface area (Å²) >= 11 is 12.3. The Balaban J connectivity index is 1.49. The second kappa shape index (κ2) is 9.57. The van der Waals surface area contributed by atoms with Crippen molar-refractivity contribution < 1.29 is 14.4 Å². The lowest BCUT2D eigenvalue weighted by Gasteiger charge is -2.31. The smallest absolute Gasteiger partial charge is 0.283 e. The van der Waals surface area contributed by atoms with Gasteiger partial charge in [0.05, 0.1) is 5.69 Å². The SMILES string of the molecule is Cc1ccc(Cl)cc1N1C(=O)C(Cl)=C(Nc2ccc(C(=O)N(C)C3CCCCC3)cc2)C1=O. The Kier molecular flexibility index (Phi) is 6.77. The molecule has 6 nitrogen and oxygen atoms in total. The maximum absolute atomic E-state index is 13.0. The Morgan fingerprint density at radius 2 is 1.67 bits per heavy atom. The van der Waals surface area contributed by atoms with Crippen LogP contribution in [0.1, 0.15) is 48.0 Å². The van der Waals surface area contributed by atoms with Crippen molar-refractivity contribution in [3.8, 4) is 0 Å². The average molecular weight is 486 g/mol. The number of benzene rings is 2. The molecule has 2 aliphatic rings. The molecule has 2 aromatic rings. The standard InChI is InChI=1S/C25H25Cl2N3O3/c1-15-8-11-17(26)14-20(15)30-24(32)21(27)22(25(30)33)28-18-12-9-16(10-13-18)23(31)29(2)19-6-4-3-5-7-19/h8-14,19,28H,3-7H2,1-2H3. The van der Waals surface area contributed by atoms with Crippen LogP contribution in [0.2, 0.25) is 5.02 Å². The summed E-state index contributed by atoms with van der Waals surface area (Å²) in [6.07, 6.45) is 5.60. The Morgan fingerprint density at radius 3 is 2.33 bits per heavy atom. The monoisotopic (exact) mass is 485 g/mol. The molecule has 172 valence electrons. The summed E-state index contributed by atoms with van der Waals surface area (Å²) in [5, 5.41) is 3.15. The molecule has 3 amide bonds. The summed E-state index contributed by atoms with van der Waals surface area (Å²) in [6, 6.07) is 12.1. The Labute approximate surface area is 203 Å². The zero-order chi connectivity index (χ0) is 23.7. The molecule has 1 aliphatic heterocycles. The Hall–Kier alpha value is -2.83. The number of nitrogens with zero attached hydrogens (tertiary/aromatic N) is 2. The zero-order valence-corrected chi connectivity index (χ0v) is 20.0. The fourth-order valence-electron chi connectivity index (χ4n) is 4.33. The first-order valence-corrected chi connectivity index (χ1v) is 11.7. The molecule has 1 N–H and O–H groups in total. The highest BCUT2D eigenvalue weighted by molar-refractivity contribution is 6.53. The van der Waals surface area contributed by atoms with E-state index in [-0.39, 0.29) is 22.7 Å². The quantitative estimate of drug-likeness (QED) is 0.568. The van der Waals surface area contributed by atoms with Crippen LogP contribution in [0.4, 0.5) is 11.4 Å². The Bertz CT molecular complexity index is 1140. The van der Waals surface area contributed by atoms with Crippen molar-refractivity contribution in [1.82, 2.24) is 4.90 Å². The van der Waals surface area contributed by atoms with Crippen LogP contribution in [-0.2, 0) is 9.59 Å². The van der Waals surface area contributed by atoms with Crippen molar-refractivity contribution in [3.63, 3.8) is 0 Å². The van der Waals surface area contributed by atoms with Gasteiger partial charge in [-0.05, 0) is 61.7 Å². The number of hydrogen-bond acceptors (Lipinski definition) is 4. The highest BCUT2D eigenvalue weighted by Gasteiger charge is 2.39. The van der Waals surface area contributed by atoms with Crippen LogP contribution in [0, 0.1) is 6.92 Å². The van der Waals surface area contributed by atoms with E-state index >= 15 is 0 Å². The summed E-state index contributed by atoms with van der Waals surface area (Å²) in [5.41, 5.74) is 2.21. The van der Waals surface area contributed by atoms with E-state index in [1.165, 1.54) is 6.42 Å². The van der Waals surface area contributed by atoms with Gasteiger partial charge in [-0.15, -0.1) is 0 Å². The molecule has 8 heteroatoms. The van der Waals surface area contributed by atoms with Gasteiger partial charge in [0.25, 0.3) is 17.7 Å². The summed E-state index contributed by atoms with van der Waals surface area (Å²) in [7, 11) is 1.85. The molecule has 1 fully saturated rings. The number of imide groups is 1. The maximum Gasteiger partial charge on any atom is 0.283 e. The van der Waals surface area contributed by atoms with Crippen LogP contribution < -0.4 is 10.2 Å². The van der Waals surface area contributed by atoms with Gasteiger partial charge in [0.2, 0.25) is 0 Å². The molecular weight excluding hydrogens is 461 g/mol. The van der Waals surface area contributed by atoms with Crippen molar-refractivity contribution in [2.45, 2.75) is 45.1 Å². The van der Waals surface area contributed by atoms with Gasteiger partial charge < -0.3 is 10.2 Å². The third kappa shape index (κ3) is 4.63. The lowest BCUT2D eigenvalue weighted by molar-refractivity contribution is -0.120. The molecule has 0 atom stereocenters. The molecule has 33 heavy (non-hydrogen) atoms. The molecule has 0 saturated heterocycles. The van der Waals surface area contributed by atoms with Gasteiger partial charge >= 0.3 is 0 Å². The topological polar surface area (TPSA) is 69.7 Å². The van der Waals surface area contributed by atoms with Crippen molar-refractivity contribution in [3.05, 3.63) is 69.3 Å². The molecule has 0 radical (unpaired) electrons. The van der Waals surface area contributed by atoms with Gasteiger partial charge in [-0.1, -0.05) is 48.5 Å². The first-order valence-electron chi connectivity index (χ1n) is 11.0. The molecule has 4 rings (SSSR count). The van der Waals surface area contributed by atoms with E-state index in [9.17, 15) is 14.4 Å². The van der Waals surface area contributed by atoms with E-state index in [2.05, 4.69) is 5.32 Å². The maximum atomic E-state index is 13.0. The van der Waals surface area contributed by atoms with Gasteiger partial charge in [0.1, 0.15) is 10.7 Å². The minimum Gasteiger partial charge on any atom is -0.350 e. The first kappa shape index (κ1) is 23.3. The predicted molar refractivity (Wildman–Crippen MR) is 131 cm³/mol. The number of amides is 3. The summed E-state index contributed by atoms with van der Waals surface area (Å²) in [6.45, 7) is 1.78. The van der Waals surface area contributed by atoms with Crippen molar-refractivity contribution in [2.24, 2.45) is 0 Å². The fraction of sp³-hybridized carbons (Fsp3) is 0.320. The molecular formula is C25H25Cl2N3O3. The van der Waals surface area contributed by atoms with Gasteiger partial charge in [0, 0.05) is 29.4 Å². The molecule has 0 aromatic heterocycles. The van der Waals surface area contributed by atoms with Crippen molar-refractivity contribution in [2.75, 3.05) is 17.3 Å². The summed E-state index contributed by atoms with van der Waals surface area (Å²) < 4.78 is 0. The molecule has 1 aliphatic carbocycles. The summed E-state index contributed by atoms with van der Waals surface area (Å²) in [5.74, 6) is -1.21. The lowest BCUT2D eigenvalue weighted by Crippen LogP contribution is -2.38. The number of rotatable bonds is 5. The molecule has 0 spiro atoms. The van der Waals surface area contributed by atoms with E-state index in [0.717, 1.165) is 36.1 Å². The lowest BCUT2D eigenvalue weighted by atomic mass is 9.94. The Morgan fingerprint density at radius 1 is 1.00 bits per heavy atom. The van der Waals surface area contributed by atoms with Gasteiger partial charge in [-0.25, -0.2) is 4.90 Å². The number of nitrogens with one attached hydrogen (secondary N) is 1. The predicted octanol–water partition coefficient (Wildman–Crippen LogP) is 5.49. The second-order valence-corrected chi connectivity index (χ2v) is 9.29. The average Bonchev–Trinajstić information content (AvgIpc) is 3.03. The molecule has 0 unspecified atom stereocenters. The number of carbonyl (C=O) groups excluding carboxylic acids is 3.